The lowest BCUT2D eigenvalue weighted by atomic mass is 10.2. The minimum Gasteiger partial charge on any atom is -0.450 e. The van der Waals surface area contributed by atoms with Crippen LogP contribution in [0.2, 0.25) is 10.0 Å². The second-order valence-corrected chi connectivity index (χ2v) is 7.26. The highest BCUT2D eigenvalue weighted by Gasteiger charge is 2.21. The Morgan fingerprint density at radius 3 is 2.78 bits per heavy atom. The molecule has 27 heavy (non-hydrogen) atoms. The van der Waals surface area contributed by atoms with E-state index in [9.17, 15) is 4.79 Å². The highest BCUT2D eigenvalue weighted by molar-refractivity contribution is 9.10. The molecule has 10 heteroatoms. The van der Waals surface area contributed by atoms with E-state index in [1.807, 2.05) is 6.07 Å². The van der Waals surface area contributed by atoms with Crippen molar-refractivity contribution in [3.63, 3.8) is 0 Å². The molecular formula is C17H12BrCl2N5O2. The van der Waals surface area contributed by atoms with E-state index < -0.39 is 5.56 Å². The van der Waals surface area contributed by atoms with E-state index in [1.165, 1.54) is 22.8 Å². The number of nitriles is 1. The van der Waals surface area contributed by atoms with Crippen LogP contribution in [0.4, 0.5) is 0 Å². The number of hydrogen-bond acceptors (Lipinski definition) is 6. The van der Waals surface area contributed by atoms with Gasteiger partial charge in [-0.2, -0.15) is 10.4 Å². The Labute approximate surface area is 173 Å². The largest absolute Gasteiger partial charge is 0.450 e. The van der Waals surface area contributed by atoms with Crippen LogP contribution >= 0.6 is 39.1 Å². The highest BCUT2D eigenvalue weighted by Crippen LogP contribution is 2.33. The molecule has 1 aromatic heterocycles. The number of likely N-dealkylation sites (N-methyl/N-ethyl adjacent to an activating group) is 1. The number of rotatable bonds is 4. The monoisotopic (exact) mass is 467 g/mol. The van der Waals surface area contributed by atoms with Crippen LogP contribution in [0.15, 0.2) is 51.2 Å². The maximum atomic E-state index is 12.9. The molecule has 1 aliphatic heterocycles. The molecule has 7 nitrogen and oxygen atoms in total. The molecule has 0 fully saturated rings. The Balaban J connectivity index is 2.00. The number of nitrogens with one attached hydrogen (secondary N) is 1. The molecule has 1 aliphatic rings. The van der Waals surface area contributed by atoms with E-state index in [-0.39, 0.29) is 23.1 Å². The predicted octanol–water partition coefficient (Wildman–Crippen LogP) is 3.90. The Morgan fingerprint density at radius 1 is 1.41 bits per heavy atom. The summed E-state index contributed by atoms with van der Waals surface area (Å²) in [5.41, 5.74) is 2.59. The van der Waals surface area contributed by atoms with Crippen LogP contribution in [0.1, 0.15) is 5.56 Å². The first-order chi connectivity index (χ1) is 12.8. The number of ether oxygens (including phenoxy) is 1. The minimum atomic E-state index is -0.463. The van der Waals surface area contributed by atoms with E-state index >= 15 is 0 Å². The van der Waals surface area contributed by atoms with Gasteiger partial charge in [0, 0.05) is 18.3 Å². The first-order valence-electron chi connectivity index (χ1n) is 7.52. The summed E-state index contributed by atoms with van der Waals surface area (Å²) in [6, 6.07) is 6.43. The summed E-state index contributed by atoms with van der Waals surface area (Å²) in [5.74, 6) is 1.33. The lowest BCUT2D eigenvalue weighted by Gasteiger charge is -2.16. The molecule has 0 bridgehead atoms. The van der Waals surface area contributed by atoms with E-state index in [2.05, 4.69) is 33.0 Å². The molecule has 0 radical (unpaired) electrons. The lowest BCUT2D eigenvalue weighted by molar-refractivity contribution is 0.467. The van der Waals surface area contributed by atoms with Gasteiger partial charge in [-0.15, -0.1) is 0 Å². The van der Waals surface area contributed by atoms with Crippen LogP contribution in [0.5, 0.6) is 11.5 Å². The van der Waals surface area contributed by atoms with Crippen LogP contribution in [-0.2, 0) is 6.54 Å². The van der Waals surface area contributed by atoms with Crippen molar-refractivity contribution in [2.75, 3.05) is 7.05 Å². The number of hydrogen-bond donors (Lipinski definition) is 1. The number of amidine groups is 1. The number of benzene rings is 1. The van der Waals surface area contributed by atoms with Crippen LogP contribution < -0.4 is 15.7 Å². The summed E-state index contributed by atoms with van der Waals surface area (Å²) in [5, 5.41) is 13.6. The van der Waals surface area contributed by atoms with Crippen LogP contribution in [0.25, 0.3) is 0 Å². The van der Waals surface area contributed by atoms with Gasteiger partial charge in [-0.05, 0) is 34.1 Å². The van der Waals surface area contributed by atoms with Gasteiger partial charge < -0.3 is 14.2 Å². The second kappa shape index (κ2) is 7.64. The third kappa shape index (κ3) is 3.95. The van der Waals surface area contributed by atoms with Crippen molar-refractivity contribution in [3.05, 3.63) is 67.2 Å². The standard InChI is InChI=1S/C17H12BrCl2N5O2/c1-9-22-23-14(24(9)2)8-25-7-13(18)15(20)16(17(25)26)27-12-4-10(6-21)3-11(19)5-12/h3-5,7,22H,1,8H2,2H3. The Morgan fingerprint density at radius 2 is 2.15 bits per heavy atom. The summed E-state index contributed by atoms with van der Waals surface area (Å²) in [6.07, 6.45) is 1.55. The zero-order chi connectivity index (χ0) is 19.7. The number of hydrazone groups is 1. The maximum Gasteiger partial charge on any atom is 0.295 e. The van der Waals surface area contributed by atoms with Crippen molar-refractivity contribution in [1.82, 2.24) is 14.9 Å². The molecule has 3 rings (SSSR count). The topological polar surface area (TPSA) is 82.6 Å². The molecule has 0 aliphatic carbocycles. The molecule has 138 valence electrons. The van der Waals surface area contributed by atoms with Crippen molar-refractivity contribution in [2.24, 2.45) is 5.10 Å². The molecule has 0 atom stereocenters. The summed E-state index contributed by atoms with van der Waals surface area (Å²) in [4.78, 5) is 14.6. The number of halogens is 3. The molecule has 1 aromatic carbocycles. The van der Waals surface area contributed by atoms with E-state index in [4.69, 9.17) is 33.2 Å². The summed E-state index contributed by atoms with van der Waals surface area (Å²) in [6.45, 7) is 3.97. The number of nitrogens with zero attached hydrogens (tertiary/aromatic N) is 4. The van der Waals surface area contributed by atoms with Crippen LogP contribution in [-0.4, -0.2) is 22.4 Å². The number of aromatic nitrogens is 1. The van der Waals surface area contributed by atoms with Gasteiger partial charge in [0.05, 0.1) is 22.7 Å². The van der Waals surface area contributed by atoms with Gasteiger partial charge in [0.1, 0.15) is 16.6 Å². The van der Waals surface area contributed by atoms with Gasteiger partial charge in [-0.1, -0.05) is 29.8 Å². The van der Waals surface area contributed by atoms with Gasteiger partial charge in [-0.3, -0.25) is 10.2 Å². The van der Waals surface area contributed by atoms with Crippen molar-refractivity contribution in [3.8, 4) is 17.6 Å². The molecule has 0 saturated heterocycles. The summed E-state index contributed by atoms with van der Waals surface area (Å²) < 4.78 is 7.55. The van der Waals surface area contributed by atoms with Gasteiger partial charge in [-0.25, -0.2) is 0 Å². The van der Waals surface area contributed by atoms with Gasteiger partial charge in [0.25, 0.3) is 5.56 Å². The third-order valence-corrected chi connectivity index (χ3v) is 5.19. The number of pyridine rings is 1. The minimum absolute atomic E-state index is 0.0924. The fraction of sp³-hybridized carbons (Fsp3) is 0.118. The van der Waals surface area contributed by atoms with Gasteiger partial charge in [0.15, 0.2) is 5.84 Å². The summed E-state index contributed by atoms with van der Waals surface area (Å²) >= 11 is 15.6. The predicted molar refractivity (Wildman–Crippen MR) is 107 cm³/mol. The average molecular weight is 469 g/mol. The first kappa shape index (κ1) is 19.3. The van der Waals surface area contributed by atoms with Crippen molar-refractivity contribution < 1.29 is 4.74 Å². The Kier molecular flexibility index (Phi) is 5.46. The van der Waals surface area contributed by atoms with Crippen molar-refractivity contribution in [1.29, 1.82) is 5.26 Å². The van der Waals surface area contributed by atoms with E-state index in [1.54, 1.807) is 18.1 Å². The van der Waals surface area contributed by atoms with E-state index in [0.717, 1.165) is 0 Å². The van der Waals surface area contributed by atoms with Crippen molar-refractivity contribution in [2.45, 2.75) is 6.54 Å². The Hall–Kier alpha value is -2.47. The maximum absolute atomic E-state index is 12.9. The molecule has 0 spiro atoms. The molecular weight excluding hydrogens is 457 g/mol. The fourth-order valence-corrected chi connectivity index (χ4v) is 3.14. The lowest BCUT2D eigenvalue weighted by Crippen LogP contribution is -2.31. The average Bonchev–Trinajstić information content (AvgIpc) is 2.94. The SMILES string of the molecule is C=C1NN=C(Cn2cc(Br)c(Cl)c(Oc3cc(Cl)cc(C#N)c3)c2=O)N1C. The van der Waals surface area contributed by atoms with Crippen LogP contribution in [0, 0.1) is 11.3 Å². The zero-order valence-corrected chi connectivity index (χ0v) is 17.1. The second-order valence-electron chi connectivity index (χ2n) is 5.59. The molecule has 0 amide bonds. The molecule has 1 N–H and O–H groups in total. The normalized spacial score (nSPS) is 13.2. The van der Waals surface area contributed by atoms with Crippen molar-refractivity contribution >= 4 is 45.0 Å². The van der Waals surface area contributed by atoms with Gasteiger partial charge in [0.2, 0.25) is 5.75 Å². The zero-order valence-electron chi connectivity index (χ0n) is 14.0. The van der Waals surface area contributed by atoms with Gasteiger partial charge >= 0.3 is 0 Å². The third-order valence-electron chi connectivity index (χ3n) is 3.77. The quantitative estimate of drug-likeness (QED) is 0.735. The first-order valence-corrected chi connectivity index (χ1v) is 9.07. The van der Waals surface area contributed by atoms with Crippen LogP contribution in [0.3, 0.4) is 0 Å². The molecule has 2 heterocycles. The molecule has 0 unspecified atom stereocenters. The Bertz CT molecular complexity index is 1070. The fourth-order valence-electron chi connectivity index (χ4n) is 2.32. The molecule has 2 aromatic rings. The highest BCUT2D eigenvalue weighted by atomic mass is 79.9. The van der Waals surface area contributed by atoms with E-state index in [0.29, 0.717) is 26.7 Å². The smallest absolute Gasteiger partial charge is 0.295 e. The summed E-state index contributed by atoms with van der Waals surface area (Å²) in [7, 11) is 1.78. The molecule has 0 saturated carbocycles.